The molecular formula is C17H20NO4+. The van der Waals surface area contributed by atoms with Crippen LogP contribution in [0.15, 0.2) is 42.0 Å². The molecule has 0 spiro atoms. The molecule has 1 aromatic carbocycles. The number of carbonyl (C=O) groups is 3. The summed E-state index contributed by atoms with van der Waals surface area (Å²) in [5, 5.41) is 9.54. The van der Waals surface area contributed by atoms with Crippen LogP contribution in [0.5, 0.6) is 0 Å². The zero-order chi connectivity index (χ0) is 16.3. The van der Waals surface area contributed by atoms with E-state index >= 15 is 0 Å². The SMILES string of the molecule is CC(=CC(=O)c1ccccc1)C(=O)[N+]1(C(=O)O)CCC[C@H]1C. The highest BCUT2D eigenvalue weighted by Crippen LogP contribution is 2.30. The molecule has 1 aliphatic heterocycles. The van der Waals surface area contributed by atoms with Gasteiger partial charge in [0.25, 0.3) is 0 Å². The van der Waals surface area contributed by atoms with Crippen LogP contribution in [0.3, 0.4) is 0 Å². The van der Waals surface area contributed by atoms with Gasteiger partial charge in [-0.2, -0.15) is 9.28 Å². The van der Waals surface area contributed by atoms with Gasteiger partial charge in [0.15, 0.2) is 5.78 Å². The molecule has 0 saturated carbocycles. The van der Waals surface area contributed by atoms with Crippen molar-refractivity contribution in [3.8, 4) is 0 Å². The summed E-state index contributed by atoms with van der Waals surface area (Å²) >= 11 is 0. The smallest absolute Gasteiger partial charge is 0.435 e. The van der Waals surface area contributed by atoms with Crippen LogP contribution in [0.1, 0.15) is 37.0 Å². The van der Waals surface area contributed by atoms with Crippen molar-refractivity contribution in [1.82, 2.24) is 0 Å². The van der Waals surface area contributed by atoms with Crippen LogP contribution < -0.4 is 0 Å². The van der Waals surface area contributed by atoms with E-state index in [-0.39, 0.29) is 23.9 Å². The van der Waals surface area contributed by atoms with Gasteiger partial charge in [0, 0.05) is 18.4 Å². The quantitative estimate of drug-likeness (QED) is 0.529. The molecule has 2 atom stereocenters. The minimum atomic E-state index is -1.14. The number of imide groups is 1. The van der Waals surface area contributed by atoms with E-state index in [1.807, 2.05) is 0 Å². The van der Waals surface area contributed by atoms with Crippen LogP contribution >= 0.6 is 0 Å². The number of ketones is 1. The molecule has 5 heteroatoms. The lowest BCUT2D eigenvalue weighted by molar-refractivity contribution is -0.790. The Morgan fingerprint density at radius 1 is 1.23 bits per heavy atom. The van der Waals surface area contributed by atoms with Gasteiger partial charge in [-0.1, -0.05) is 30.3 Å². The molecule has 1 saturated heterocycles. The molecule has 0 radical (unpaired) electrons. The number of quaternary nitrogens is 1. The second-order valence-electron chi connectivity index (χ2n) is 5.73. The maximum atomic E-state index is 12.7. The van der Waals surface area contributed by atoms with E-state index in [2.05, 4.69) is 0 Å². The third-order valence-electron chi connectivity index (χ3n) is 4.33. The highest BCUT2D eigenvalue weighted by molar-refractivity contribution is 6.09. The van der Waals surface area contributed by atoms with E-state index in [1.54, 1.807) is 37.3 Å². The first-order valence-corrected chi connectivity index (χ1v) is 7.33. The minimum absolute atomic E-state index is 0.185. The summed E-state index contributed by atoms with van der Waals surface area (Å²) < 4.78 is -0.607. The van der Waals surface area contributed by atoms with E-state index in [4.69, 9.17) is 0 Å². The van der Waals surface area contributed by atoms with Gasteiger partial charge in [0.1, 0.15) is 6.04 Å². The number of amides is 2. The van der Waals surface area contributed by atoms with Gasteiger partial charge < -0.3 is 5.11 Å². The van der Waals surface area contributed by atoms with Crippen molar-refractivity contribution in [2.45, 2.75) is 32.7 Å². The maximum absolute atomic E-state index is 12.7. The Balaban J connectivity index is 2.30. The van der Waals surface area contributed by atoms with Gasteiger partial charge in [-0.05, 0) is 19.9 Å². The molecule has 0 aromatic heterocycles. The van der Waals surface area contributed by atoms with Gasteiger partial charge in [0.2, 0.25) is 0 Å². The number of hydrogen-bond acceptors (Lipinski definition) is 3. The first-order valence-electron chi connectivity index (χ1n) is 7.33. The van der Waals surface area contributed by atoms with Gasteiger partial charge in [-0.3, -0.25) is 4.79 Å². The molecule has 1 aromatic rings. The van der Waals surface area contributed by atoms with Crippen molar-refractivity contribution < 1.29 is 24.0 Å². The van der Waals surface area contributed by atoms with Crippen molar-refractivity contribution >= 4 is 17.8 Å². The molecule has 1 unspecified atom stereocenters. The number of allylic oxidation sites excluding steroid dienone is 1. The molecule has 22 heavy (non-hydrogen) atoms. The van der Waals surface area contributed by atoms with E-state index in [9.17, 15) is 19.5 Å². The molecular weight excluding hydrogens is 282 g/mol. The maximum Gasteiger partial charge on any atom is 0.521 e. The lowest BCUT2D eigenvalue weighted by atomic mass is 10.1. The summed E-state index contributed by atoms with van der Waals surface area (Å²) in [6.45, 7) is 3.56. The summed E-state index contributed by atoms with van der Waals surface area (Å²) in [6.07, 6.45) is 1.48. The zero-order valence-corrected chi connectivity index (χ0v) is 12.8. The highest BCUT2D eigenvalue weighted by Gasteiger charge is 2.53. The van der Waals surface area contributed by atoms with Crippen molar-refractivity contribution in [2.24, 2.45) is 0 Å². The standard InChI is InChI=1S/C17H19NO4/c1-12(11-15(19)14-8-4-3-5-9-14)16(20)18(17(21)22)10-6-7-13(18)2/h3-5,8-9,11,13H,6-7,10H2,1-2H3/p+1/t13-,18?/m1/s1. The number of benzene rings is 1. The molecule has 5 nitrogen and oxygen atoms in total. The second kappa shape index (κ2) is 6.23. The van der Waals surface area contributed by atoms with Crippen LogP contribution in [0, 0.1) is 0 Å². The fraction of sp³-hybridized carbons (Fsp3) is 0.353. The number of rotatable bonds is 3. The average Bonchev–Trinajstić information content (AvgIpc) is 2.90. The Hall–Kier alpha value is -2.27. The van der Waals surface area contributed by atoms with Crippen LogP contribution in [-0.4, -0.2) is 40.0 Å². The molecule has 1 heterocycles. The van der Waals surface area contributed by atoms with E-state index in [0.29, 0.717) is 18.4 Å². The molecule has 116 valence electrons. The Morgan fingerprint density at radius 2 is 1.86 bits per heavy atom. The normalized spacial score (nSPS) is 25.0. The largest absolute Gasteiger partial charge is 0.521 e. The van der Waals surface area contributed by atoms with Crippen LogP contribution in [0.2, 0.25) is 0 Å². The Labute approximate surface area is 129 Å². The second-order valence-corrected chi connectivity index (χ2v) is 5.73. The summed E-state index contributed by atoms with van der Waals surface area (Å²) in [6, 6.07) is 8.33. The number of likely N-dealkylation sites (tertiary alicyclic amines) is 1. The predicted octanol–water partition coefficient (Wildman–Crippen LogP) is 3.02. The fourth-order valence-electron chi connectivity index (χ4n) is 3.01. The van der Waals surface area contributed by atoms with Crippen molar-refractivity contribution in [2.75, 3.05) is 6.54 Å². The Bertz CT molecular complexity index is 635. The molecule has 1 fully saturated rings. The van der Waals surface area contributed by atoms with E-state index in [1.165, 1.54) is 13.0 Å². The summed E-state index contributed by atoms with van der Waals surface area (Å²) in [4.78, 5) is 36.5. The fourth-order valence-corrected chi connectivity index (χ4v) is 3.01. The average molecular weight is 302 g/mol. The van der Waals surface area contributed by atoms with Crippen LogP contribution in [-0.2, 0) is 4.79 Å². The van der Waals surface area contributed by atoms with Crippen molar-refractivity contribution in [3.63, 3.8) is 0 Å². The van der Waals surface area contributed by atoms with E-state index < -0.39 is 16.5 Å². The first kappa shape index (κ1) is 16.1. The van der Waals surface area contributed by atoms with Gasteiger partial charge in [0.05, 0.1) is 12.1 Å². The summed E-state index contributed by atoms with van der Waals surface area (Å²) in [5.41, 5.74) is 0.663. The Morgan fingerprint density at radius 3 is 2.36 bits per heavy atom. The van der Waals surface area contributed by atoms with Crippen LogP contribution in [0.4, 0.5) is 4.79 Å². The molecule has 0 aliphatic carbocycles. The van der Waals surface area contributed by atoms with E-state index in [0.717, 1.165) is 0 Å². The zero-order valence-electron chi connectivity index (χ0n) is 12.8. The molecule has 2 rings (SSSR count). The predicted molar refractivity (Wildman–Crippen MR) is 81.4 cm³/mol. The van der Waals surface area contributed by atoms with Crippen molar-refractivity contribution in [1.29, 1.82) is 0 Å². The third kappa shape index (κ3) is 2.72. The van der Waals surface area contributed by atoms with Crippen molar-refractivity contribution in [3.05, 3.63) is 47.5 Å². The Kier molecular flexibility index (Phi) is 4.56. The lowest BCUT2D eigenvalue weighted by Crippen LogP contribution is -2.58. The first-order chi connectivity index (χ1) is 10.4. The van der Waals surface area contributed by atoms with Crippen LogP contribution in [0.25, 0.3) is 0 Å². The van der Waals surface area contributed by atoms with Gasteiger partial charge in [-0.15, -0.1) is 0 Å². The highest BCUT2D eigenvalue weighted by atomic mass is 16.4. The number of hydrogen-bond donors (Lipinski definition) is 1. The number of carboxylic acid groups (broad SMARTS) is 1. The molecule has 1 N–H and O–H groups in total. The summed E-state index contributed by atoms with van der Waals surface area (Å²) in [5.74, 6) is -0.788. The number of carbonyl (C=O) groups excluding carboxylic acids is 2. The molecule has 2 amide bonds. The van der Waals surface area contributed by atoms with Gasteiger partial charge >= 0.3 is 12.0 Å². The lowest BCUT2D eigenvalue weighted by Gasteiger charge is -2.29. The molecule has 1 aliphatic rings. The molecule has 0 bridgehead atoms. The monoisotopic (exact) mass is 302 g/mol. The summed E-state index contributed by atoms with van der Waals surface area (Å²) in [7, 11) is 0. The number of nitrogens with zero attached hydrogens (tertiary/aromatic N) is 1. The minimum Gasteiger partial charge on any atom is -0.435 e. The van der Waals surface area contributed by atoms with Gasteiger partial charge in [-0.25, -0.2) is 4.79 Å². The topological polar surface area (TPSA) is 71.4 Å². The third-order valence-corrected chi connectivity index (χ3v) is 4.33.